The maximum Gasteiger partial charge on any atom is 0.329 e. The van der Waals surface area contributed by atoms with Crippen molar-refractivity contribution < 1.29 is 24.2 Å². The molecule has 0 amide bonds. The van der Waals surface area contributed by atoms with Gasteiger partial charge in [0, 0.05) is 16.0 Å². The molecule has 15 heteroatoms. The molecule has 3 aromatic heterocycles. The highest BCUT2D eigenvalue weighted by molar-refractivity contribution is 7.98. The molecule has 6 rings (SSSR count). The van der Waals surface area contributed by atoms with E-state index >= 15 is 0 Å². The summed E-state index contributed by atoms with van der Waals surface area (Å²) in [5.74, 6) is -0.872. The van der Waals surface area contributed by atoms with Gasteiger partial charge in [-0.25, -0.2) is 9.78 Å². The second kappa shape index (κ2) is 12.2. The first-order valence-electron chi connectivity index (χ1n) is 15.5. The average Bonchev–Trinajstić information content (AvgIpc) is 3.74. The van der Waals surface area contributed by atoms with Gasteiger partial charge in [0.05, 0.1) is 47.2 Å². The number of thioether (sulfide) groups is 1. The number of fused-ring (bicyclic) bond motifs is 2. The van der Waals surface area contributed by atoms with Crippen LogP contribution in [0.2, 0.25) is 0 Å². The van der Waals surface area contributed by atoms with Gasteiger partial charge >= 0.3 is 5.97 Å². The third kappa shape index (κ3) is 5.53. The van der Waals surface area contributed by atoms with Crippen molar-refractivity contribution in [1.29, 1.82) is 5.26 Å². The van der Waals surface area contributed by atoms with Crippen molar-refractivity contribution in [2.75, 3.05) is 6.26 Å². The van der Waals surface area contributed by atoms with Crippen LogP contribution in [0.5, 0.6) is 0 Å². The molecule has 254 valence electrons. The number of hydrogen-bond acceptors (Lipinski definition) is 12. The van der Waals surface area contributed by atoms with Crippen LogP contribution in [0.25, 0.3) is 21.0 Å². The van der Waals surface area contributed by atoms with Crippen molar-refractivity contribution in [3.05, 3.63) is 63.0 Å². The van der Waals surface area contributed by atoms with Crippen molar-refractivity contribution in [2.24, 2.45) is 11.5 Å². The Morgan fingerprint density at radius 1 is 1.31 bits per heavy atom. The summed E-state index contributed by atoms with van der Waals surface area (Å²) in [5, 5.41) is 30.9. The standard InChI is InChI=1S/C33H38N6O6S3/c1-18-23-26(40)39(30(2,3)28(41)42)29(46)38(27(23)48-24(18)25-37-11-12-44-25)15-21(20-7-5-6-8-22(20)47-4)45-19-13-32(35)16-31(43,9-10-34)17-33(32,36)14-19/h5-8,11-12,19,21,43H,9,13-17,35-36H2,1-4H3,(H,41,42)/t19-,21?,31?,32+,33-. The predicted molar refractivity (Wildman–Crippen MR) is 185 cm³/mol. The summed E-state index contributed by atoms with van der Waals surface area (Å²) in [4.78, 5) is 33.1. The van der Waals surface area contributed by atoms with E-state index in [0.717, 1.165) is 15.0 Å². The van der Waals surface area contributed by atoms with Gasteiger partial charge in [-0.2, -0.15) is 5.26 Å². The molecule has 0 saturated heterocycles. The lowest BCUT2D eigenvalue weighted by atomic mass is 9.85. The van der Waals surface area contributed by atoms with Gasteiger partial charge in [-0.1, -0.05) is 18.2 Å². The molecule has 0 radical (unpaired) electrons. The van der Waals surface area contributed by atoms with E-state index in [9.17, 15) is 25.1 Å². The van der Waals surface area contributed by atoms with E-state index in [1.807, 2.05) is 30.5 Å². The number of oxazole rings is 1. The van der Waals surface area contributed by atoms with Crippen molar-refractivity contribution in [2.45, 2.75) is 98.7 Å². The fraction of sp³-hybridized carbons (Fsp3) is 0.485. The summed E-state index contributed by atoms with van der Waals surface area (Å²) < 4.78 is 15.5. The number of aromatic nitrogens is 3. The van der Waals surface area contributed by atoms with Crippen molar-refractivity contribution in [3.8, 4) is 16.8 Å². The second-order valence-corrected chi connectivity index (χ2v) is 15.8. The van der Waals surface area contributed by atoms with E-state index in [1.54, 1.807) is 23.3 Å². The number of aliphatic carboxylic acids is 1. The van der Waals surface area contributed by atoms with Gasteiger partial charge in [-0.3, -0.25) is 9.36 Å². The van der Waals surface area contributed by atoms with E-state index in [-0.39, 0.29) is 30.6 Å². The van der Waals surface area contributed by atoms with Crippen molar-refractivity contribution in [1.82, 2.24) is 14.1 Å². The molecule has 1 aromatic carbocycles. The maximum atomic E-state index is 14.1. The molecule has 12 nitrogen and oxygen atoms in total. The fourth-order valence-corrected chi connectivity index (χ4v) is 10.0. The zero-order valence-corrected chi connectivity index (χ0v) is 29.5. The number of hydrogen-bond donors (Lipinski definition) is 4. The Kier molecular flexibility index (Phi) is 8.77. The number of carboxylic acids is 1. The van der Waals surface area contributed by atoms with Gasteiger partial charge in [0.25, 0.3) is 5.56 Å². The monoisotopic (exact) mass is 710 g/mol. The topological polar surface area (TPSA) is 196 Å². The first-order valence-corrected chi connectivity index (χ1v) is 17.9. The Labute approximate surface area is 290 Å². The SMILES string of the molecule is CSc1ccccc1C(Cn1c(=S)n(C(C)(C)C(=O)O)c(=O)c2c(C)c(-c3ncco3)sc21)O[C@H]1C[C@@]2(N)CC(O)(CC#N)C[C@@]2(N)C1. The normalized spacial score (nSPS) is 26.1. The molecular formula is C33H38N6O6S3. The molecule has 4 aromatic rings. The highest BCUT2D eigenvalue weighted by Gasteiger charge is 2.64. The van der Waals surface area contributed by atoms with E-state index in [2.05, 4.69) is 11.1 Å². The second-order valence-electron chi connectivity index (χ2n) is 13.6. The average molecular weight is 711 g/mol. The van der Waals surface area contributed by atoms with Crippen LogP contribution < -0.4 is 17.0 Å². The Balaban J connectivity index is 1.50. The van der Waals surface area contributed by atoms with Gasteiger partial charge < -0.3 is 35.4 Å². The number of aryl methyl sites for hydroxylation is 1. The summed E-state index contributed by atoms with van der Waals surface area (Å²) in [6, 6.07) is 9.90. The lowest BCUT2D eigenvalue weighted by molar-refractivity contribution is -0.145. The Morgan fingerprint density at radius 3 is 2.56 bits per heavy atom. The van der Waals surface area contributed by atoms with Crippen LogP contribution in [0.4, 0.5) is 0 Å². The van der Waals surface area contributed by atoms with Crippen LogP contribution in [-0.2, 0) is 21.6 Å². The minimum atomic E-state index is -1.67. The number of carboxylic acid groups (broad SMARTS) is 1. The Morgan fingerprint density at radius 2 is 1.98 bits per heavy atom. The summed E-state index contributed by atoms with van der Waals surface area (Å²) in [6.45, 7) is 4.82. The van der Waals surface area contributed by atoms with Gasteiger partial charge in [-0.15, -0.1) is 23.1 Å². The third-order valence-electron chi connectivity index (χ3n) is 9.98. The zero-order chi connectivity index (χ0) is 34.8. The number of nitrogens with two attached hydrogens (primary N) is 2. The van der Waals surface area contributed by atoms with E-state index in [4.69, 9.17) is 32.8 Å². The first kappa shape index (κ1) is 34.5. The van der Waals surface area contributed by atoms with Crippen LogP contribution in [0.3, 0.4) is 0 Å². The van der Waals surface area contributed by atoms with E-state index in [0.29, 0.717) is 39.4 Å². The molecule has 2 unspecified atom stereocenters. The minimum absolute atomic E-state index is 0.0331. The Hall–Kier alpha value is -3.36. The number of nitrogens with zero attached hydrogens (tertiary/aromatic N) is 4. The molecule has 2 fully saturated rings. The van der Waals surface area contributed by atoms with Crippen molar-refractivity contribution in [3.63, 3.8) is 0 Å². The number of ether oxygens (including phenoxy) is 1. The first-order chi connectivity index (χ1) is 22.6. The molecule has 48 heavy (non-hydrogen) atoms. The molecule has 0 bridgehead atoms. The smallest absolute Gasteiger partial charge is 0.329 e. The largest absolute Gasteiger partial charge is 0.480 e. The van der Waals surface area contributed by atoms with Gasteiger partial charge in [0.2, 0.25) is 5.89 Å². The molecule has 3 heterocycles. The van der Waals surface area contributed by atoms with Crippen molar-refractivity contribution >= 4 is 51.5 Å². The lowest BCUT2D eigenvalue weighted by Crippen LogP contribution is -2.58. The van der Waals surface area contributed by atoms with E-state index in [1.165, 1.54) is 37.6 Å². The summed E-state index contributed by atoms with van der Waals surface area (Å²) >= 11 is 8.82. The molecule has 0 spiro atoms. The van der Waals surface area contributed by atoms with Crippen LogP contribution in [0.1, 0.15) is 63.2 Å². The molecule has 6 N–H and O–H groups in total. The number of nitriles is 1. The summed E-state index contributed by atoms with van der Waals surface area (Å²) in [6.07, 6.45) is 4.99. The molecule has 5 atom stereocenters. The molecule has 2 aliphatic carbocycles. The van der Waals surface area contributed by atoms with Crippen LogP contribution >= 0.6 is 35.3 Å². The number of carbonyl (C=O) groups is 1. The zero-order valence-electron chi connectivity index (χ0n) is 27.1. The van der Waals surface area contributed by atoms with Crippen LogP contribution in [0.15, 0.2) is 50.8 Å². The highest BCUT2D eigenvalue weighted by atomic mass is 32.2. The Bertz CT molecular complexity index is 2040. The highest BCUT2D eigenvalue weighted by Crippen LogP contribution is 2.54. The van der Waals surface area contributed by atoms with Gasteiger partial charge in [-0.05, 0) is 82.1 Å². The summed E-state index contributed by atoms with van der Waals surface area (Å²) in [7, 11) is 0. The maximum absolute atomic E-state index is 14.1. The fourth-order valence-electron chi connectivity index (χ4n) is 7.57. The van der Waals surface area contributed by atoms with E-state index < -0.39 is 46.0 Å². The molecule has 2 aliphatic rings. The third-order valence-corrected chi connectivity index (χ3v) is 12.5. The predicted octanol–water partition coefficient (Wildman–Crippen LogP) is 4.85. The molecule has 2 saturated carbocycles. The number of benzene rings is 1. The molecular weight excluding hydrogens is 673 g/mol. The molecule has 0 aliphatic heterocycles. The quantitative estimate of drug-likeness (QED) is 0.129. The minimum Gasteiger partial charge on any atom is -0.480 e. The van der Waals surface area contributed by atoms with Crippen LogP contribution in [-0.4, -0.2) is 59.3 Å². The van der Waals surface area contributed by atoms with Crippen LogP contribution in [0, 0.1) is 23.0 Å². The van der Waals surface area contributed by atoms with Gasteiger partial charge in [0.15, 0.2) is 4.77 Å². The lowest BCUT2D eigenvalue weighted by Gasteiger charge is -2.32. The number of aliphatic hydroxyl groups is 1. The number of rotatable bonds is 10. The number of thiophene rings is 1. The summed E-state index contributed by atoms with van der Waals surface area (Å²) in [5.41, 5.74) is 9.94. The van der Waals surface area contributed by atoms with Gasteiger partial charge in [0.1, 0.15) is 22.7 Å².